The van der Waals surface area contributed by atoms with E-state index in [1.807, 2.05) is 0 Å². The van der Waals surface area contributed by atoms with Crippen LogP contribution in [-0.2, 0) is 4.79 Å². The fourth-order valence-corrected chi connectivity index (χ4v) is 3.00. The van der Waals surface area contributed by atoms with Crippen LogP contribution in [0.4, 0.5) is 0 Å². The summed E-state index contributed by atoms with van der Waals surface area (Å²) in [5, 5.41) is 9.38. The lowest BCUT2D eigenvalue weighted by Gasteiger charge is -2.35. The summed E-state index contributed by atoms with van der Waals surface area (Å²) in [6, 6.07) is 0. The minimum atomic E-state index is -0.575. The zero-order valence-corrected chi connectivity index (χ0v) is 12.9. The molecule has 0 aliphatic carbocycles. The number of carbonyl (C=O) groups is 1. The van der Waals surface area contributed by atoms with Crippen LogP contribution in [0.2, 0.25) is 0 Å². The molecule has 1 atom stereocenters. The van der Waals surface area contributed by atoms with Crippen molar-refractivity contribution in [3.63, 3.8) is 0 Å². The van der Waals surface area contributed by atoms with Crippen LogP contribution in [0.15, 0.2) is 0 Å². The number of rotatable bonds is 8. The van der Waals surface area contributed by atoms with Gasteiger partial charge in [-0.25, -0.2) is 0 Å². The molecular formula is C16H31NO2. The van der Waals surface area contributed by atoms with Crippen LogP contribution >= 0.6 is 0 Å². The minimum absolute atomic E-state index is 0.104. The first-order chi connectivity index (χ1) is 9.04. The summed E-state index contributed by atoms with van der Waals surface area (Å²) in [5.74, 6) is 0.481. The molecule has 0 spiro atoms. The maximum absolute atomic E-state index is 11.4. The van der Waals surface area contributed by atoms with Crippen molar-refractivity contribution in [2.24, 2.45) is 17.8 Å². The highest BCUT2D eigenvalue weighted by molar-refractivity contribution is 5.70. The van der Waals surface area contributed by atoms with Crippen molar-refractivity contribution in [2.45, 2.75) is 59.3 Å². The number of aliphatic carboxylic acids is 1. The molecule has 112 valence electrons. The van der Waals surface area contributed by atoms with E-state index in [4.69, 9.17) is 0 Å². The number of hydrogen-bond donors (Lipinski definition) is 1. The lowest BCUT2D eigenvalue weighted by Crippen LogP contribution is -2.38. The standard InChI is InChI=1S/C16H31NO2/c1-4-5-6-15(16(18)19)14-8-11-17(12-9-14)10-7-13(2)3/h13-15H,4-12H2,1-3H3,(H,18,19). The van der Waals surface area contributed by atoms with E-state index in [1.165, 1.54) is 13.0 Å². The Morgan fingerprint density at radius 3 is 2.37 bits per heavy atom. The molecule has 0 aromatic carbocycles. The number of hydrogen-bond acceptors (Lipinski definition) is 2. The van der Waals surface area contributed by atoms with Crippen molar-refractivity contribution in [2.75, 3.05) is 19.6 Å². The van der Waals surface area contributed by atoms with Gasteiger partial charge >= 0.3 is 5.97 Å². The molecule has 0 amide bonds. The van der Waals surface area contributed by atoms with Crippen molar-refractivity contribution >= 4 is 5.97 Å². The molecule has 0 aromatic heterocycles. The Hall–Kier alpha value is -0.570. The van der Waals surface area contributed by atoms with Gasteiger partial charge < -0.3 is 10.0 Å². The smallest absolute Gasteiger partial charge is 0.306 e. The molecule has 3 heteroatoms. The quantitative estimate of drug-likeness (QED) is 0.731. The van der Waals surface area contributed by atoms with Crippen LogP contribution in [0.1, 0.15) is 59.3 Å². The largest absolute Gasteiger partial charge is 0.481 e. The van der Waals surface area contributed by atoms with Gasteiger partial charge in [0, 0.05) is 0 Å². The van der Waals surface area contributed by atoms with Crippen molar-refractivity contribution in [3.05, 3.63) is 0 Å². The lowest BCUT2D eigenvalue weighted by atomic mass is 9.81. The monoisotopic (exact) mass is 269 g/mol. The lowest BCUT2D eigenvalue weighted by molar-refractivity contribution is -0.144. The van der Waals surface area contributed by atoms with E-state index in [1.54, 1.807) is 0 Å². The van der Waals surface area contributed by atoms with Crippen molar-refractivity contribution in [1.29, 1.82) is 0 Å². The fourth-order valence-electron chi connectivity index (χ4n) is 3.00. The molecular weight excluding hydrogens is 238 g/mol. The van der Waals surface area contributed by atoms with Gasteiger partial charge in [0.25, 0.3) is 0 Å². The first-order valence-corrected chi connectivity index (χ1v) is 7.99. The highest BCUT2D eigenvalue weighted by Crippen LogP contribution is 2.29. The summed E-state index contributed by atoms with van der Waals surface area (Å²) in [6.07, 6.45) is 6.39. The van der Waals surface area contributed by atoms with Crippen LogP contribution in [-0.4, -0.2) is 35.6 Å². The molecule has 1 aliphatic heterocycles. The summed E-state index contributed by atoms with van der Waals surface area (Å²) < 4.78 is 0. The van der Waals surface area contributed by atoms with Crippen LogP contribution < -0.4 is 0 Å². The summed E-state index contributed by atoms with van der Waals surface area (Å²) in [7, 11) is 0. The minimum Gasteiger partial charge on any atom is -0.481 e. The van der Waals surface area contributed by atoms with Crippen molar-refractivity contribution in [1.82, 2.24) is 4.90 Å². The van der Waals surface area contributed by atoms with Gasteiger partial charge in [-0.15, -0.1) is 0 Å². The zero-order chi connectivity index (χ0) is 14.3. The molecule has 1 saturated heterocycles. The first-order valence-electron chi connectivity index (χ1n) is 7.99. The average molecular weight is 269 g/mol. The van der Waals surface area contributed by atoms with E-state index < -0.39 is 5.97 Å². The van der Waals surface area contributed by atoms with Crippen molar-refractivity contribution in [3.8, 4) is 0 Å². The Bertz CT molecular complexity index is 257. The van der Waals surface area contributed by atoms with E-state index in [0.717, 1.165) is 51.1 Å². The molecule has 1 unspecified atom stereocenters. The number of piperidine rings is 1. The van der Waals surface area contributed by atoms with Gasteiger partial charge in [0.1, 0.15) is 0 Å². The Kier molecular flexibility index (Phi) is 7.44. The van der Waals surface area contributed by atoms with Crippen LogP contribution in [0.25, 0.3) is 0 Å². The van der Waals surface area contributed by atoms with E-state index in [2.05, 4.69) is 25.7 Å². The Morgan fingerprint density at radius 1 is 1.26 bits per heavy atom. The molecule has 19 heavy (non-hydrogen) atoms. The summed E-state index contributed by atoms with van der Waals surface area (Å²) in [4.78, 5) is 13.9. The Labute approximate surface area is 118 Å². The molecule has 1 N–H and O–H groups in total. The molecule has 1 fully saturated rings. The number of unbranched alkanes of at least 4 members (excludes halogenated alkanes) is 1. The predicted octanol–water partition coefficient (Wildman–Crippen LogP) is 3.64. The van der Waals surface area contributed by atoms with E-state index in [0.29, 0.717) is 5.92 Å². The topological polar surface area (TPSA) is 40.5 Å². The normalized spacial score (nSPS) is 19.8. The highest BCUT2D eigenvalue weighted by atomic mass is 16.4. The maximum atomic E-state index is 11.4. The summed E-state index contributed by atoms with van der Waals surface area (Å²) >= 11 is 0. The number of carboxylic acid groups (broad SMARTS) is 1. The maximum Gasteiger partial charge on any atom is 0.306 e. The third-order valence-corrected chi connectivity index (χ3v) is 4.41. The third-order valence-electron chi connectivity index (χ3n) is 4.41. The van der Waals surface area contributed by atoms with Crippen LogP contribution in [0, 0.1) is 17.8 Å². The molecule has 1 aliphatic rings. The van der Waals surface area contributed by atoms with Gasteiger partial charge in [-0.3, -0.25) is 4.79 Å². The molecule has 0 saturated carbocycles. The van der Waals surface area contributed by atoms with E-state index >= 15 is 0 Å². The first kappa shape index (κ1) is 16.5. The van der Waals surface area contributed by atoms with Gasteiger partial charge in [0.15, 0.2) is 0 Å². The average Bonchev–Trinajstić information content (AvgIpc) is 2.37. The van der Waals surface area contributed by atoms with Gasteiger partial charge in [-0.2, -0.15) is 0 Å². The van der Waals surface area contributed by atoms with Crippen LogP contribution in [0.5, 0.6) is 0 Å². The second-order valence-electron chi connectivity index (χ2n) is 6.45. The third kappa shape index (κ3) is 5.94. The summed E-state index contributed by atoms with van der Waals surface area (Å²) in [5.41, 5.74) is 0. The van der Waals surface area contributed by atoms with E-state index in [-0.39, 0.29) is 5.92 Å². The second kappa shape index (κ2) is 8.57. The molecule has 0 bridgehead atoms. The summed E-state index contributed by atoms with van der Waals surface area (Å²) in [6.45, 7) is 10.0. The molecule has 1 rings (SSSR count). The van der Waals surface area contributed by atoms with Gasteiger partial charge in [-0.05, 0) is 57.2 Å². The number of carboxylic acids is 1. The van der Waals surface area contributed by atoms with Gasteiger partial charge in [0.2, 0.25) is 0 Å². The Balaban J connectivity index is 2.35. The molecule has 0 radical (unpaired) electrons. The highest BCUT2D eigenvalue weighted by Gasteiger charge is 2.30. The number of likely N-dealkylation sites (tertiary alicyclic amines) is 1. The fraction of sp³-hybridized carbons (Fsp3) is 0.938. The predicted molar refractivity (Wildman–Crippen MR) is 79.3 cm³/mol. The SMILES string of the molecule is CCCCC(C(=O)O)C1CCN(CCC(C)C)CC1. The van der Waals surface area contributed by atoms with E-state index in [9.17, 15) is 9.90 Å². The van der Waals surface area contributed by atoms with Gasteiger partial charge in [-0.1, -0.05) is 33.6 Å². The Morgan fingerprint density at radius 2 is 1.89 bits per heavy atom. The molecule has 3 nitrogen and oxygen atoms in total. The second-order valence-corrected chi connectivity index (χ2v) is 6.45. The zero-order valence-electron chi connectivity index (χ0n) is 12.9. The van der Waals surface area contributed by atoms with Crippen molar-refractivity contribution < 1.29 is 9.90 Å². The molecule has 0 aromatic rings. The molecule has 1 heterocycles. The van der Waals surface area contributed by atoms with Crippen LogP contribution in [0.3, 0.4) is 0 Å². The van der Waals surface area contributed by atoms with Gasteiger partial charge in [0.05, 0.1) is 5.92 Å². The number of nitrogens with zero attached hydrogens (tertiary/aromatic N) is 1.